The zero-order chi connectivity index (χ0) is 20.1. The van der Waals surface area contributed by atoms with E-state index in [-0.39, 0.29) is 23.6 Å². The van der Waals surface area contributed by atoms with Gasteiger partial charge < -0.3 is 19.7 Å². The number of hydrogen-bond donors (Lipinski definition) is 2. The second-order valence-electron chi connectivity index (χ2n) is 5.97. The van der Waals surface area contributed by atoms with Crippen LogP contribution < -0.4 is 10.1 Å². The number of ether oxygens (including phenoxy) is 1. The van der Waals surface area contributed by atoms with E-state index >= 15 is 0 Å². The van der Waals surface area contributed by atoms with Gasteiger partial charge in [0.05, 0.1) is 6.04 Å². The molecular formula is C20H17FN2O5. The van der Waals surface area contributed by atoms with E-state index < -0.39 is 23.7 Å². The molecule has 0 radical (unpaired) electrons. The molecule has 7 nitrogen and oxygen atoms in total. The van der Waals surface area contributed by atoms with E-state index in [1.165, 1.54) is 24.3 Å². The zero-order valence-corrected chi connectivity index (χ0v) is 14.9. The van der Waals surface area contributed by atoms with Crippen molar-refractivity contribution in [3.63, 3.8) is 0 Å². The van der Waals surface area contributed by atoms with Gasteiger partial charge in [-0.25, -0.2) is 9.18 Å². The molecule has 28 heavy (non-hydrogen) atoms. The number of nitrogens with one attached hydrogen (secondary N) is 1. The fourth-order valence-electron chi connectivity index (χ4n) is 2.62. The second-order valence-corrected chi connectivity index (χ2v) is 5.97. The van der Waals surface area contributed by atoms with E-state index in [1.807, 2.05) is 6.07 Å². The molecule has 0 fully saturated rings. The van der Waals surface area contributed by atoms with Crippen LogP contribution in [0.15, 0.2) is 59.1 Å². The quantitative estimate of drug-likeness (QED) is 0.647. The molecule has 0 saturated heterocycles. The van der Waals surface area contributed by atoms with Crippen LogP contribution in [-0.2, 0) is 4.79 Å². The number of carbonyl (C=O) groups excluding carboxylic acids is 1. The predicted octanol–water partition coefficient (Wildman–Crippen LogP) is 3.44. The summed E-state index contributed by atoms with van der Waals surface area (Å²) < 4.78 is 23.7. The number of carboxylic acids is 1. The van der Waals surface area contributed by atoms with Gasteiger partial charge in [-0.1, -0.05) is 23.4 Å². The number of halogens is 1. The lowest BCUT2D eigenvalue weighted by Gasteiger charge is -2.12. The highest BCUT2D eigenvalue weighted by Gasteiger charge is 2.28. The summed E-state index contributed by atoms with van der Waals surface area (Å²) in [5.41, 5.74) is 0.257. The number of carboxylic acid groups (broad SMARTS) is 1. The number of aromatic carboxylic acids is 1. The largest absolute Gasteiger partial charge is 0.484 e. The maximum absolute atomic E-state index is 13.1. The molecule has 3 aromatic rings. The van der Waals surface area contributed by atoms with Crippen molar-refractivity contribution in [3.8, 4) is 17.0 Å². The van der Waals surface area contributed by atoms with Crippen LogP contribution in [0.3, 0.4) is 0 Å². The Morgan fingerprint density at radius 2 is 1.86 bits per heavy atom. The first-order chi connectivity index (χ1) is 13.5. The maximum Gasteiger partial charge on any atom is 0.341 e. The van der Waals surface area contributed by atoms with Gasteiger partial charge in [-0.15, -0.1) is 0 Å². The molecule has 1 amide bonds. The maximum atomic E-state index is 13.1. The van der Waals surface area contributed by atoms with Crippen molar-refractivity contribution in [1.82, 2.24) is 10.5 Å². The van der Waals surface area contributed by atoms with Gasteiger partial charge in [0.2, 0.25) is 0 Å². The van der Waals surface area contributed by atoms with E-state index in [9.17, 15) is 19.1 Å². The van der Waals surface area contributed by atoms with Crippen molar-refractivity contribution in [3.05, 3.63) is 71.7 Å². The van der Waals surface area contributed by atoms with E-state index in [2.05, 4.69) is 10.5 Å². The van der Waals surface area contributed by atoms with Crippen molar-refractivity contribution in [2.24, 2.45) is 0 Å². The number of hydrogen-bond acceptors (Lipinski definition) is 5. The van der Waals surface area contributed by atoms with Crippen LogP contribution in [0.4, 0.5) is 4.39 Å². The lowest BCUT2D eigenvalue weighted by Crippen LogP contribution is -2.31. The second kappa shape index (κ2) is 8.34. The average molecular weight is 384 g/mol. The van der Waals surface area contributed by atoms with Crippen LogP contribution in [-0.4, -0.2) is 28.7 Å². The number of benzene rings is 2. The van der Waals surface area contributed by atoms with Gasteiger partial charge in [-0.2, -0.15) is 0 Å². The van der Waals surface area contributed by atoms with Crippen molar-refractivity contribution < 1.29 is 28.3 Å². The van der Waals surface area contributed by atoms with Crippen LogP contribution in [0.25, 0.3) is 11.3 Å². The van der Waals surface area contributed by atoms with Crippen LogP contribution >= 0.6 is 0 Å². The number of rotatable bonds is 7. The molecule has 0 aliphatic carbocycles. The highest BCUT2D eigenvalue weighted by atomic mass is 19.1. The zero-order valence-electron chi connectivity index (χ0n) is 14.9. The molecule has 1 heterocycles. The Hall–Kier alpha value is -3.68. The molecular weight excluding hydrogens is 367 g/mol. The van der Waals surface area contributed by atoms with Crippen molar-refractivity contribution in [2.75, 3.05) is 6.61 Å². The van der Waals surface area contributed by atoms with Crippen molar-refractivity contribution >= 4 is 11.9 Å². The Labute approximate surface area is 159 Å². The summed E-state index contributed by atoms with van der Waals surface area (Å²) in [5.74, 6) is -1.65. The summed E-state index contributed by atoms with van der Waals surface area (Å²) in [6.45, 7) is 1.33. The molecule has 1 atom stereocenters. The first-order valence-electron chi connectivity index (χ1n) is 8.41. The summed E-state index contributed by atoms with van der Waals surface area (Å²) in [7, 11) is 0. The summed E-state index contributed by atoms with van der Waals surface area (Å²) >= 11 is 0. The minimum Gasteiger partial charge on any atom is -0.484 e. The average Bonchev–Trinajstić information content (AvgIpc) is 3.13. The summed E-state index contributed by atoms with van der Waals surface area (Å²) in [6.07, 6.45) is 0. The van der Waals surface area contributed by atoms with E-state index in [1.54, 1.807) is 31.2 Å². The molecule has 2 N–H and O–H groups in total. The molecule has 0 bridgehead atoms. The highest BCUT2D eigenvalue weighted by Crippen LogP contribution is 2.29. The fraction of sp³-hybridized carbons (Fsp3) is 0.150. The van der Waals surface area contributed by atoms with Crippen LogP contribution in [0.2, 0.25) is 0 Å². The summed E-state index contributed by atoms with van der Waals surface area (Å²) in [5, 5.41) is 16.0. The highest BCUT2D eigenvalue weighted by molar-refractivity contribution is 5.96. The molecule has 144 valence electrons. The Bertz CT molecular complexity index is 970. The third-order valence-corrected chi connectivity index (χ3v) is 3.93. The van der Waals surface area contributed by atoms with Crippen LogP contribution in [0.5, 0.6) is 5.75 Å². The molecule has 0 unspecified atom stereocenters. The Morgan fingerprint density at radius 1 is 1.18 bits per heavy atom. The Morgan fingerprint density at radius 3 is 2.50 bits per heavy atom. The third-order valence-electron chi connectivity index (χ3n) is 3.93. The van der Waals surface area contributed by atoms with Gasteiger partial charge in [0, 0.05) is 5.56 Å². The third kappa shape index (κ3) is 4.35. The topological polar surface area (TPSA) is 102 Å². The predicted molar refractivity (Wildman–Crippen MR) is 97.4 cm³/mol. The minimum atomic E-state index is -1.27. The first-order valence-corrected chi connectivity index (χ1v) is 8.41. The van der Waals surface area contributed by atoms with Gasteiger partial charge in [0.15, 0.2) is 12.4 Å². The molecule has 1 aromatic heterocycles. The molecule has 8 heteroatoms. The van der Waals surface area contributed by atoms with Crippen molar-refractivity contribution in [1.29, 1.82) is 0 Å². The molecule has 0 aliphatic heterocycles. The number of amides is 1. The summed E-state index contributed by atoms with van der Waals surface area (Å²) in [6, 6.07) is 13.2. The number of nitrogens with zero attached hydrogens (tertiary/aromatic N) is 1. The summed E-state index contributed by atoms with van der Waals surface area (Å²) in [4.78, 5) is 23.8. The van der Waals surface area contributed by atoms with Crippen LogP contribution in [0.1, 0.15) is 29.1 Å². The smallest absolute Gasteiger partial charge is 0.341 e. The minimum absolute atomic E-state index is 0.0140. The molecule has 0 saturated carbocycles. The molecule has 3 rings (SSSR count). The van der Waals surface area contributed by atoms with Gasteiger partial charge in [-0.3, -0.25) is 4.79 Å². The van der Waals surface area contributed by atoms with E-state index in [0.717, 1.165) is 0 Å². The van der Waals surface area contributed by atoms with E-state index in [0.29, 0.717) is 11.3 Å². The first kappa shape index (κ1) is 19.1. The molecule has 2 aromatic carbocycles. The van der Waals surface area contributed by atoms with Gasteiger partial charge in [0.25, 0.3) is 5.91 Å². The van der Waals surface area contributed by atoms with Gasteiger partial charge in [0.1, 0.15) is 22.8 Å². The van der Waals surface area contributed by atoms with Gasteiger partial charge in [-0.05, 0) is 43.3 Å². The van der Waals surface area contributed by atoms with Crippen LogP contribution in [0, 0.1) is 5.82 Å². The Balaban J connectivity index is 1.74. The molecule has 0 aliphatic rings. The number of para-hydroxylation sites is 1. The standard InChI is InChI=1S/C20H17FN2O5/c1-12(22-16(24)11-27-15-5-3-2-4-6-15)19-17(20(25)26)18(23-28-19)13-7-9-14(21)10-8-13/h2-10,12H,11H2,1H3,(H,22,24)(H,25,26)/t12-/m1/s1. The lowest BCUT2D eigenvalue weighted by molar-refractivity contribution is -0.123. The number of aromatic nitrogens is 1. The van der Waals surface area contributed by atoms with E-state index in [4.69, 9.17) is 9.26 Å². The number of carbonyl (C=O) groups is 2. The lowest BCUT2D eigenvalue weighted by atomic mass is 10.0. The van der Waals surface area contributed by atoms with Crippen molar-refractivity contribution in [2.45, 2.75) is 13.0 Å². The fourth-order valence-corrected chi connectivity index (χ4v) is 2.62. The Kier molecular flexibility index (Phi) is 5.69. The molecule has 0 spiro atoms. The van der Waals surface area contributed by atoms with Gasteiger partial charge >= 0.3 is 5.97 Å². The normalized spacial score (nSPS) is 11.6. The SMILES string of the molecule is C[C@@H](NC(=O)COc1ccccc1)c1onc(-c2ccc(F)cc2)c1C(=O)O. The monoisotopic (exact) mass is 384 g/mol.